The van der Waals surface area contributed by atoms with Crippen molar-refractivity contribution < 1.29 is 34.1 Å². The molecule has 0 bridgehead atoms. The van der Waals surface area contributed by atoms with E-state index in [2.05, 4.69) is 37.1 Å². The fraction of sp³-hybridized carbons (Fsp3) is 0.410. The first-order chi connectivity index (χ1) is 23.9. The Morgan fingerprint density at radius 3 is 2.48 bits per heavy atom. The quantitative estimate of drug-likeness (QED) is 0.215. The van der Waals surface area contributed by atoms with Crippen LogP contribution < -0.4 is 20.1 Å². The molecule has 3 aliphatic heterocycles. The van der Waals surface area contributed by atoms with Crippen molar-refractivity contribution >= 4 is 42.4 Å². The van der Waals surface area contributed by atoms with Gasteiger partial charge in [-0.2, -0.15) is 0 Å². The van der Waals surface area contributed by atoms with Crippen molar-refractivity contribution in [2.24, 2.45) is 5.92 Å². The van der Waals surface area contributed by atoms with Gasteiger partial charge in [-0.25, -0.2) is 0 Å². The monoisotopic (exact) mass is 697 g/mol. The lowest BCUT2D eigenvalue weighted by Gasteiger charge is -2.39. The first-order valence-corrected chi connectivity index (χ1v) is 20.3. The van der Waals surface area contributed by atoms with Gasteiger partial charge in [0.25, 0.3) is 11.8 Å². The van der Waals surface area contributed by atoms with Gasteiger partial charge in [0.15, 0.2) is 5.60 Å². The van der Waals surface area contributed by atoms with Gasteiger partial charge in [0, 0.05) is 30.3 Å². The molecular formula is C39H47N3O7Si. The number of rotatable bonds is 10. The number of nitrogens with one attached hydrogen (secondary N) is 1. The maximum Gasteiger partial charge on any atom is 0.264 e. The van der Waals surface area contributed by atoms with E-state index in [1.165, 1.54) is 6.92 Å². The van der Waals surface area contributed by atoms with E-state index in [1.54, 1.807) is 41.2 Å². The third kappa shape index (κ3) is 5.95. The van der Waals surface area contributed by atoms with E-state index < -0.39 is 31.8 Å². The van der Waals surface area contributed by atoms with E-state index in [-0.39, 0.29) is 48.9 Å². The molecule has 3 aromatic carbocycles. The van der Waals surface area contributed by atoms with E-state index in [4.69, 9.17) is 9.47 Å². The molecule has 3 amide bonds. The van der Waals surface area contributed by atoms with Crippen molar-refractivity contribution in [3.8, 4) is 5.75 Å². The number of amides is 3. The van der Waals surface area contributed by atoms with Crippen molar-refractivity contribution in [2.45, 2.75) is 75.7 Å². The van der Waals surface area contributed by atoms with Gasteiger partial charge in [-0.1, -0.05) is 67.7 Å². The van der Waals surface area contributed by atoms with Crippen molar-refractivity contribution in [3.63, 3.8) is 0 Å². The topological polar surface area (TPSA) is 129 Å². The maximum absolute atomic E-state index is 14.8. The molecule has 0 aliphatic carbocycles. The van der Waals surface area contributed by atoms with E-state index in [1.807, 2.05) is 43.3 Å². The number of anilines is 2. The zero-order chi connectivity index (χ0) is 36.0. The molecule has 50 heavy (non-hydrogen) atoms. The number of fused-ring (bicyclic) bond motifs is 3. The lowest BCUT2D eigenvalue weighted by Crippen LogP contribution is -2.52. The number of hydrogen-bond acceptors (Lipinski definition) is 7. The Bertz CT molecular complexity index is 1790. The Morgan fingerprint density at radius 2 is 1.84 bits per heavy atom. The van der Waals surface area contributed by atoms with Crippen LogP contribution in [0.1, 0.15) is 37.0 Å². The van der Waals surface area contributed by atoms with Crippen LogP contribution in [0.5, 0.6) is 5.75 Å². The molecular weight excluding hydrogens is 651 g/mol. The lowest BCUT2D eigenvalue weighted by atomic mass is 9.82. The third-order valence-electron chi connectivity index (χ3n) is 11.1. The number of ether oxygens (including phenoxy) is 2. The molecule has 11 heteroatoms. The standard InChI is InChI=1S/C39H47N3O7Si/c1-7-18-41-33-17-12-28(40-37(46)25(3)44)20-32(33)39(38(41)47)24(2)36(50(5,6)31-15-13-30(48-4)14-16-31)34(49-39)21-35(45)42-22-27-11-9-8-10-26(27)19-29(42)23-43/h7-17,20,24-25,29,34,36,43-44H,1,18-19,21-23H2,2-6H3,(H,40,46)/t24-,25+,29+,34+,36-,39+/m1/s1. The zero-order valence-corrected chi connectivity index (χ0v) is 30.4. The Morgan fingerprint density at radius 1 is 1.14 bits per heavy atom. The predicted octanol–water partition coefficient (Wildman–Crippen LogP) is 4.10. The minimum Gasteiger partial charge on any atom is -0.497 e. The molecule has 3 heterocycles. The van der Waals surface area contributed by atoms with Gasteiger partial charge >= 0.3 is 0 Å². The third-order valence-corrected chi connectivity index (χ3v) is 15.4. The van der Waals surface area contributed by atoms with E-state index in [0.717, 1.165) is 22.1 Å². The van der Waals surface area contributed by atoms with E-state index in [9.17, 15) is 24.6 Å². The molecule has 0 unspecified atom stereocenters. The van der Waals surface area contributed by atoms with Gasteiger partial charge < -0.3 is 34.8 Å². The molecule has 0 saturated carbocycles. The van der Waals surface area contributed by atoms with Gasteiger partial charge in [-0.15, -0.1) is 6.58 Å². The molecule has 0 aromatic heterocycles. The zero-order valence-electron chi connectivity index (χ0n) is 29.4. The van der Waals surface area contributed by atoms with E-state index in [0.29, 0.717) is 29.9 Å². The average molecular weight is 698 g/mol. The van der Waals surface area contributed by atoms with Crippen LogP contribution in [0.25, 0.3) is 0 Å². The Hall–Kier alpha value is -4.29. The average Bonchev–Trinajstić information content (AvgIpc) is 3.53. The molecule has 1 saturated heterocycles. The smallest absolute Gasteiger partial charge is 0.264 e. The predicted molar refractivity (Wildman–Crippen MR) is 195 cm³/mol. The number of methoxy groups -OCH3 is 1. The summed E-state index contributed by atoms with van der Waals surface area (Å²) in [5, 5.41) is 24.2. The number of carbonyl (C=O) groups excluding carboxylic acids is 3. The molecule has 0 radical (unpaired) electrons. The second-order valence-corrected chi connectivity index (χ2v) is 19.0. The van der Waals surface area contributed by atoms with Crippen LogP contribution in [0.15, 0.2) is 79.4 Å². The molecule has 3 aliphatic rings. The summed E-state index contributed by atoms with van der Waals surface area (Å²) in [7, 11) is -0.912. The van der Waals surface area contributed by atoms with Crippen molar-refractivity contribution in [3.05, 3.63) is 96.1 Å². The van der Waals surface area contributed by atoms with Gasteiger partial charge in [0.2, 0.25) is 5.91 Å². The highest BCUT2D eigenvalue weighted by Crippen LogP contribution is 2.60. The lowest BCUT2D eigenvalue weighted by molar-refractivity contribution is -0.150. The number of aliphatic hydroxyl groups excluding tert-OH is 2. The second-order valence-electron chi connectivity index (χ2n) is 14.3. The van der Waals surface area contributed by atoms with Gasteiger partial charge in [-0.05, 0) is 60.3 Å². The summed E-state index contributed by atoms with van der Waals surface area (Å²) < 4.78 is 12.6. The normalized spacial score (nSPS) is 24.9. The summed E-state index contributed by atoms with van der Waals surface area (Å²) in [5.41, 5.74) is 2.24. The molecule has 1 spiro atoms. The van der Waals surface area contributed by atoms with Crippen LogP contribution in [0, 0.1) is 5.92 Å². The summed E-state index contributed by atoms with van der Waals surface area (Å²) in [6.07, 6.45) is 0.404. The van der Waals surface area contributed by atoms with Gasteiger partial charge in [0.05, 0.1) is 46.0 Å². The fourth-order valence-corrected chi connectivity index (χ4v) is 12.5. The Balaban J connectivity index is 1.45. The minimum atomic E-state index is -2.54. The summed E-state index contributed by atoms with van der Waals surface area (Å²) in [5.74, 6) is -0.571. The molecule has 6 rings (SSSR count). The largest absolute Gasteiger partial charge is 0.497 e. The van der Waals surface area contributed by atoms with Crippen LogP contribution in [-0.2, 0) is 37.7 Å². The molecule has 6 atom stereocenters. The van der Waals surface area contributed by atoms with Gasteiger partial charge in [-0.3, -0.25) is 14.4 Å². The molecule has 10 nitrogen and oxygen atoms in total. The summed E-state index contributed by atoms with van der Waals surface area (Å²) in [6.45, 7) is 12.3. The SMILES string of the molecule is C=CCN1C(=O)[C@@]2(O[C@@H](CC(=O)N3Cc4ccccc4C[C@H]3CO)[C@H]([Si](C)(C)c3ccc(OC)cc3)[C@H]2C)c2cc(NC(=O)[C@H](C)O)ccc21. The molecule has 264 valence electrons. The first-order valence-electron chi connectivity index (χ1n) is 17.2. The maximum atomic E-state index is 14.8. The molecule has 3 aromatic rings. The first kappa shape index (κ1) is 35.5. The van der Waals surface area contributed by atoms with Crippen LogP contribution in [0.3, 0.4) is 0 Å². The van der Waals surface area contributed by atoms with Crippen LogP contribution >= 0.6 is 0 Å². The van der Waals surface area contributed by atoms with Crippen molar-refractivity contribution in [1.29, 1.82) is 0 Å². The summed E-state index contributed by atoms with van der Waals surface area (Å²) >= 11 is 0. The van der Waals surface area contributed by atoms with Crippen LogP contribution in [-0.4, -0.2) is 79.4 Å². The summed E-state index contributed by atoms with van der Waals surface area (Å²) in [4.78, 5) is 45.1. The highest BCUT2D eigenvalue weighted by Gasteiger charge is 2.66. The van der Waals surface area contributed by atoms with Crippen molar-refractivity contribution in [2.75, 3.05) is 30.5 Å². The molecule has 3 N–H and O–H groups in total. The Labute approximate surface area is 294 Å². The van der Waals surface area contributed by atoms with Crippen molar-refractivity contribution in [1.82, 2.24) is 4.90 Å². The number of nitrogens with zero attached hydrogens (tertiary/aromatic N) is 2. The highest BCUT2D eigenvalue weighted by atomic mass is 28.3. The Kier molecular flexibility index (Phi) is 9.80. The van der Waals surface area contributed by atoms with Crippen LogP contribution in [0.4, 0.5) is 11.4 Å². The van der Waals surface area contributed by atoms with Gasteiger partial charge in [0.1, 0.15) is 11.9 Å². The van der Waals surface area contributed by atoms with Crippen LogP contribution in [0.2, 0.25) is 18.6 Å². The number of carbonyl (C=O) groups is 3. The fourth-order valence-electron chi connectivity index (χ4n) is 8.48. The minimum absolute atomic E-state index is 0.0323. The second kappa shape index (κ2) is 13.8. The number of aliphatic hydroxyl groups is 2. The summed E-state index contributed by atoms with van der Waals surface area (Å²) in [6, 6.07) is 20.9. The number of hydrogen-bond donors (Lipinski definition) is 3. The highest BCUT2D eigenvalue weighted by molar-refractivity contribution is 6.91. The molecule has 1 fully saturated rings. The van der Waals surface area contributed by atoms with E-state index >= 15 is 0 Å². The number of benzene rings is 3.